The minimum absolute atomic E-state index is 0.260. The van der Waals surface area contributed by atoms with Crippen LogP contribution in [0, 0.1) is 11.3 Å². The number of ether oxygens (including phenoxy) is 2. The van der Waals surface area contributed by atoms with Crippen LogP contribution in [-0.2, 0) is 11.3 Å². The summed E-state index contributed by atoms with van der Waals surface area (Å²) in [6.45, 7) is 1.79. The Bertz CT molecular complexity index is 647. The average Bonchev–Trinajstić information content (AvgIpc) is 2.54. The number of hydrogen-bond acceptors (Lipinski definition) is 4. The van der Waals surface area contributed by atoms with Crippen molar-refractivity contribution in [3.05, 3.63) is 65.7 Å². The Labute approximate surface area is 123 Å². The van der Waals surface area contributed by atoms with Gasteiger partial charge in [-0.3, -0.25) is 0 Å². The molecule has 2 aromatic rings. The third kappa shape index (κ3) is 4.08. The molecule has 0 aromatic heterocycles. The van der Waals surface area contributed by atoms with E-state index >= 15 is 0 Å². The second kappa shape index (κ2) is 7.11. The van der Waals surface area contributed by atoms with Crippen LogP contribution < -0.4 is 4.74 Å². The van der Waals surface area contributed by atoms with E-state index < -0.39 is 12.1 Å². The van der Waals surface area contributed by atoms with Crippen LogP contribution in [0.5, 0.6) is 5.75 Å². The van der Waals surface area contributed by atoms with Gasteiger partial charge in [0.25, 0.3) is 0 Å². The lowest BCUT2D eigenvalue weighted by Crippen LogP contribution is -2.15. The molecular weight excluding hydrogens is 266 g/mol. The zero-order valence-corrected chi connectivity index (χ0v) is 11.7. The van der Waals surface area contributed by atoms with E-state index in [1.807, 2.05) is 42.5 Å². The third-order valence-corrected chi connectivity index (χ3v) is 2.84. The molecule has 21 heavy (non-hydrogen) atoms. The maximum Gasteiger partial charge on any atom is 0.339 e. The number of carbonyl (C=O) groups excluding carboxylic acids is 1. The van der Waals surface area contributed by atoms with Gasteiger partial charge in [-0.1, -0.05) is 36.4 Å². The van der Waals surface area contributed by atoms with E-state index in [4.69, 9.17) is 14.7 Å². The summed E-state index contributed by atoms with van der Waals surface area (Å²) in [5, 5.41) is 8.70. The van der Waals surface area contributed by atoms with E-state index in [1.165, 1.54) is 6.92 Å². The van der Waals surface area contributed by atoms with Crippen LogP contribution in [0.15, 0.2) is 54.6 Å². The van der Waals surface area contributed by atoms with Gasteiger partial charge in [0.2, 0.25) is 0 Å². The van der Waals surface area contributed by atoms with E-state index in [-0.39, 0.29) is 6.61 Å². The van der Waals surface area contributed by atoms with E-state index in [2.05, 4.69) is 0 Å². The lowest BCUT2D eigenvalue weighted by Gasteiger charge is -2.11. The Morgan fingerprint density at radius 2 is 1.81 bits per heavy atom. The summed E-state index contributed by atoms with van der Waals surface area (Å²) in [4.78, 5) is 12.0. The molecule has 0 saturated carbocycles. The number of para-hydroxylation sites is 1. The zero-order chi connectivity index (χ0) is 15.1. The molecular formula is C17H15NO3. The fraction of sp³-hybridized carbons (Fsp3) is 0.176. The topological polar surface area (TPSA) is 59.3 Å². The van der Waals surface area contributed by atoms with Crippen LogP contribution in [-0.4, -0.2) is 12.1 Å². The highest BCUT2D eigenvalue weighted by atomic mass is 16.5. The van der Waals surface area contributed by atoms with Gasteiger partial charge in [0.05, 0.1) is 5.56 Å². The molecule has 1 atom stereocenters. The first-order chi connectivity index (χ1) is 10.2. The molecule has 0 aliphatic carbocycles. The van der Waals surface area contributed by atoms with Crippen molar-refractivity contribution in [2.75, 3.05) is 0 Å². The highest BCUT2D eigenvalue weighted by Gasteiger charge is 2.15. The van der Waals surface area contributed by atoms with Crippen molar-refractivity contribution in [1.82, 2.24) is 0 Å². The summed E-state index contributed by atoms with van der Waals surface area (Å²) in [6, 6.07) is 18.3. The number of esters is 1. The second-order valence-electron chi connectivity index (χ2n) is 4.44. The van der Waals surface area contributed by atoms with Gasteiger partial charge in [-0.25, -0.2) is 4.79 Å². The molecule has 0 bridgehead atoms. The molecule has 0 amide bonds. The molecule has 4 nitrogen and oxygen atoms in total. The Balaban J connectivity index is 2.10. The van der Waals surface area contributed by atoms with Gasteiger partial charge >= 0.3 is 5.97 Å². The van der Waals surface area contributed by atoms with Gasteiger partial charge in [-0.15, -0.1) is 0 Å². The van der Waals surface area contributed by atoms with Crippen LogP contribution in [0.1, 0.15) is 22.8 Å². The second-order valence-corrected chi connectivity index (χ2v) is 4.44. The van der Waals surface area contributed by atoms with Gasteiger partial charge in [-0.05, 0) is 25.1 Å². The molecule has 0 spiro atoms. The molecule has 0 heterocycles. The van der Waals surface area contributed by atoms with Crippen molar-refractivity contribution < 1.29 is 14.3 Å². The molecule has 2 aromatic carbocycles. The molecule has 0 saturated heterocycles. The van der Waals surface area contributed by atoms with Crippen molar-refractivity contribution in [1.29, 1.82) is 5.26 Å². The first kappa shape index (κ1) is 14.6. The van der Waals surface area contributed by atoms with Crippen molar-refractivity contribution in [2.45, 2.75) is 19.6 Å². The predicted octanol–water partition coefficient (Wildman–Crippen LogP) is 3.33. The Kier molecular flexibility index (Phi) is 4.94. The summed E-state index contributed by atoms with van der Waals surface area (Å²) >= 11 is 0. The van der Waals surface area contributed by atoms with Crippen molar-refractivity contribution in [3.63, 3.8) is 0 Å². The molecule has 0 fully saturated rings. The van der Waals surface area contributed by atoms with E-state index in [1.54, 1.807) is 18.2 Å². The molecule has 0 N–H and O–H groups in total. The number of nitriles is 1. The molecule has 0 aliphatic rings. The number of rotatable bonds is 5. The van der Waals surface area contributed by atoms with Crippen LogP contribution in [0.25, 0.3) is 0 Å². The fourth-order valence-corrected chi connectivity index (χ4v) is 1.77. The average molecular weight is 281 g/mol. The van der Waals surface area contributed by atoms with E-state index in [0.29, 0.717) is 5.56 Å². The zero-order valence-electron chi connectivity index (χ0n) is 11.7. The smallest absolute Gasteiger partial charge is 0.339 e. The Morgan fingerprint density at radius 3 is 2.52 bits per heavy atom. The molecule has 2 rings (SSSR count). The van der Waals surface area contributed by atoms with Gasteiger partial charge in [0.1, 0.15) is 18.4 Å². The van der Waals surface area contributed by atoms with Crippen LogP contribution in [0.3, 0.4) is 0 Å². The predicted molar refractivity (Wildman–Crippen MR) is 77.7 cm³/mol. The maximum absolute atomic E-state index is 12.0. The summed E-state index contributed by atoms with van der Waals surface area (Å²) in [7, 11) is 0. The molecule has 0 unspecified atom stereocenters. The number of benzene rings is 2. The van der Waals surface area contributed by atoms with Gasteiger partial charge < -0.3 is 9.47 Å². The first-order valence-electron chi connectivity index (χ1n) is 6.57. The van der Waals surface area contributed by atoms with Gasteiger partial charge in [0, 0.05) is 5.56 Å². The van der Waals surface area contributed by atoms with Crippen molar-refractivity contribution >= 4 is 5.97 Å². The quantitative estimate of drug-likeness (QED) is 0.789. The summed E-state index contributed by atoms with van der Waals surface area (Å²) in [5.74, 6) is 0.211. The van der Waals surface area contributed by atoms with E-state index in [9.17, 15) is 4.79 Å². The first-order valence-corrected chi connectivity index (χ1v) is 6.57. The van der Waals surface area contributed by atoms with Crippen LogP contribution in [0.2, 0.25) is 0 Å². The molecule has 0 aliphatic heterocycles. The molecule has 4 heteroatoms. The number of nitrogens with zero attached hydrogens (tertiary/aromatic N) is 1. The number of hydrogen-bond donors (Lipinski definition) is 0. The van der Waals surface area contributed by atoms with Crippen LogP contribution in [0.4, 0.5) is 0 Å². The van der Waals surface area contributed by atoms with Crippen molar-refractivity contribution in [2.24, 2.45) is 0 Å². The fourth-order valence-electron chi connectivity index (χ4n) is 1.77. The lowest BCUT2D eigenvalue weighted by molar-refractivity contribution is 0.0432. The standard InChI is InChI=1S/C17H15NO3/c1-13(11-18)21-17(19)16-10-6-5-7-14(16)12-20-15-8-3-2-4-9-15/h2-10,13H,12H2,1H3/t13-/m0/s1. The third-order valence-electron chi connectivity index (χ3n) is 2.84. The minimum Gasteiger partial charge on any atom is -0.489 e. The lowest BCUT2D eigenvalue weighted by atomic mass is 10.1. The number of carbonyl (C=O) groups is 1. The molecule has 0 radical (unpaired) electrons. The monoisotopic (exact) mass is 281 g/mol. The van der Waals surface area contributed by atoms with Gasteiger partial charge in [-0.2, -0.15) is 5.26 Å². The summed E-state index contributed by atoms with van der Waals surface area (Å²) in [5.41, 5.74) is 1.13. The highest BCUT2D eigenvalue weighted by Crippen LogP contribution is 2.16. The maximum atomic E-state index is 12.0. The normalized spacial score (nSPS) is 11.2. The SMILES string of the molecule is C[C@@H](C#N)OC(=O)c1ccccc1COc1ccccc1. The van der Waals surface area contributed by atoms with Crippen molar-refractivity contribution in [3.8, 4) is 11.8 Å². The van der Waals surface area contributed by atoms with Crippen LogP contribution >= 0.6 is 0 Å². The highest BCUT2D eigenvalue weighted by molar-refractivity contribution is 5.91. The molecule has 106 valence electrons. The largest absolute Gasteiger partial charge is 0.489 e. The summed E-state index contributed by atoms with van der Waals surface area (Å²) < 4.78 is 10.7. The minimum atomic E-state index is -0.777. The Hall–Kier alpha value is -2.80. The summed E-state index contributed by atoms with van der Waals surface area (Å²) in [6.07, 6.45) is -0.777. The van der Waals surface area contributed by atoms with E-state index in [0.717, 1.165) is 11.3 Å². The Morgan fingerprint density at radius 1 is 1.14 bits per heavy atom. The van der Waals surface area contributed by atoms with Gasteiger partial charge in [0.15, 0.2) is 6.10 Å².